The first-order chi connectivity index (χ1) is 19.2. The van der Waals surface area contributed by atoms with Crippen LogP contribution < -0.4 is 25.0 Å². The first kappa shape index (κ1) is 30.7. The highest BCUT2D eigenvalue weighted by molar-refractivity contribution is 9.10. The normalized spacial score (nSPS) is 11.8. The maximum atomic E-state index is 12.9. The van der Waals surface area contributed by atoms with Crippen molar-refractivity contribution in [2.75, 3.05) is 13.7 Å². The zero-order chi connectivity index (χ0) is 29.1. The van der Waals surface area contributed by atoms with Gasteiger partial charge >= 0.3 is 0 Å². The largest absolute Gasteiger partial charge is 0.493 e. The molecule has 0 saturated heterocycles. The van der Waals surface area contributed by atoms with Crippen molar-refractivity contribution in [1.82, 2.24) is 10.7 Å². The summed E-state index contributed by atoms with van der Waals surface area (Å²) in [6.45, 7) is 8.09. The number of halogens is 1. The van der Waals surface area contributed by atoms with Crippen molar-refractivity contribution >= 4 is 34.0 Å². The van der Waals surface area contributed by atoms with E-state index in [2.05, 4.69) is 31.8 Å². The fourth-order valence-corrected chi connectivity index (χ4v) is 4.42. The minimum absolute atomic E-state index is 0.171. The number of amides is 2. The first-order valence-electron chi connectivity index (χ1n) is 13.0. The lowest BCUT2D eigenvalue weighted by molar-refractivity contribution is -0.130. The second kappa shape index (κ2) is 15.1. The molecule has 0 fully saturated rings. The lowest BCUT2D eigenvalue weighted by atomic mass is 10.0. The van der Waals surface area contributed by atoms with Gasteiger partial charge in [-0.05, 0) is 77.0 Å². The number of ether oxygens (including phenoxy) is 3. The first-order valence-corrected chi connectivity index (χ1v) is 13.8. The summed E-state index contributed by atoms with van der Waals surface area (Å²) >= 11 is 3.54. The Morgan fingerprint density at radius 2 is 1.73 bits per heavy atom. The van der Waals surface area contributed by atoms with E-state index in [0.29, 0.717) is 40.3 Å². The van der Waals surface area contributed by atoms with E-state index in [9.17, 15) is 9.59 Å². The molecular formula is C31H36BrN3O5. The molecule has 3 aromatic rings. The maximum absolute atomic E-state index is 12.9. The molecule has 1 atom stereocenters. The van der Waals surface area contributed by atoms with E-state index < -0.39 is 11.9 Å². The van der Waals surface area contributed by atoms with Crippen LogP contribution in [0.3, 0.4) is 0 Å². The standard InChI is InChI=1S/C31H36BrN3O5/c1-20(2)14-26(34-29(36)19-39-27-9-7-6-8-22(27)4)31(37)35-33-17-24-15-25(32)30(28(16-24)38-5)40-18-23-12-10-21(3)11-13-23/h6-13,15-17,20,26H,14,18-19H2,1-5H3,(H,34,36)(H,35,37)/b33-17-/t26-/m0/s1. The maximum Gasteiger partial charge on any atom is 0.262 e. The molecule has 0 radical (unpaired) electrons. The van der Waals surface area contributed by atoms with Crippen LogP contribution >= 0.6 is 15.9 Å². The number of rotatable bonds is 13. The number of methoxy groups -OCH3 is 1. The lowest BCUT2D eigenvalue weighted by Crippen LogP contribution is -2.47. The topological polar surface area (TPSA) is 98.2 Å². The van der Waals surface area contributed by atoms with Gasteiger partial charge in [0.25, 0.3) is 11.8 Å². The van der Waals surface area contributed by atoms with Crippen LogP contribution in [0.15, 0.2) is 70.2 Å². The van der Waals surface area contributed by atoms with E-state index in [1.807, 2.05) is 76.2 Å². The summed E-state index contributed by atoms with van der Waals surface area (Å²) in [6.07, 6.45) is 1.95. The molecule has 3 rings (SSSR count). The summed E-state index contributed by atoms with van der Waals surface area (Å²) < 4.78 is 17.8. The Bertz CT molecular complexity index is 1330. The average Bonchev–Trinajstić information content (AvgIpc) is 2.92. The molecule has 40 heavy (non-hydrogen) atoms. The predicted molar refractivity (Wildman–Crippen MR) is 160 cm³/mol. The van der Waals surface area contributed by atoms with Gasteiger partial charge in [-0.2, -0.15) is 5.10 Å². The quantitative estimate of drug-likeness (QED) is 0.191. The van der Waals surface area contributed by atoms with Crippen molar-refractivity contribution in [2.45, 2.75) is 46.8 Å². The van der Waals surface area contributed by atoms with Gasteiger partial charge < -0.3 is 19.5 Å². The van der Waals surface area contributed by atoms with Gasteiger partial charge in [0.2, 0.25) is 0 Å². The second-order valence-corrected chi connectivity index (χ2v) is 10.7. The smallest absolute Gasteiger partial charge is 0.262 e. The highest BCUT2D eigenvalue weighted by Gasteiger charge is 2.22. The number of para-hydroxylation sites is 1. The van der Waals surface area contributed by atoms with E-state index in [0.717, 1.165) is 11.1 Å². The number of benzene rings is 3. The summed E-state index contributed by atoms with van der Waals surface area (Å²) in [5.74, 6) is 1.08. The van der Waals surface area contributed by atoms with Crippen LogP contribution in [-0.2, 0) is 16.2 Å². The van der Waals surface area contributed by atoms with Gasteiger partial charge in [-0.25, -0.2) is 5.43 Å². The fraction of sp³-hybridized carbons (Fsp3) is 0.323. The average molecular weight is 611 g/mol. The fourth-order valence-electron chi connectivity index (χ4n) is 3.84. The van der Waals surface area contributed by atoms with Crippen LogP contribution in [0.25, 0.3) is 0 Å². The number of nitrogens with one attached hydrogen (secondary N) is 2. The van der Waals surface area contributed by atoms with Crippen LogP contribution in [0, 0.1) is 19.8 Å². The molecule has 3 aromatic carbocycles. The molecule has 0 aliphatic carbocycles. The van der Waals surface area contributed by atoms with E-state index in [-0.39, 0.29) is 18.4 Å². The molecule has 0 saturated carbocycles. The molecule has 2 N–H and O–H groups in total. The Balaban J connectivity index is 1.60. The number of carbonyl (C=O) groups excluding carboxylic acids is 2. The van der Waals surface area contributed by atoms with E-state index in [1.165, 1.54) is 11.8 Å². The molecule has 2 amide bonds. The summed E-state index contributed by atoms with van der Waals surface area (Å²) in [5, 5.41) is 6.86. The van der Waals surface area contributed by atoms with Gasteiger partial charge in [-0.3, -0.25) is 9.59 Å². The molecule has 0 bridgehead atoms. The van der Waals surface area contributed by atoms with E-state index >= 15 is 0 Å². The Kier molecular flexibility index (Phi) is 11.6. The minimum Gasteiger partial charge on any atom is -0.493 e. The van der Waals surface area contributed by atoms with Crippen LogP contribution in [0.2, 0.25) is 0 Å². The zero-order valence-electron chi connectivity index (χ0n) is 23.5. The third-order valence-corrected chi connectivity index (χ3v) is 6.54. The monoisotopic (exact) mass is 609 g/mol. The molecule has 0 aliphatic rings. The van der Waals surface area contributed by atoms with Gasteiger partial charge in [0, 0.05) is 0 Å². The molecule has 0 heterocycles. The molecule has 0 aromatic heterocycles. The third-order valence-electron chi connectivity index (χ3n) is 5.96. The van der Waals surface area contributed by atoms with Crippen molar-refractivity contribution < 1.29 is 23.8 Å². The minimum atomic E-state index is -0.760. The van der Waals surface area contributed by atoms with Crippen LogP contribution in [0.1, 0.15) is 42.5 Å². The summed E-state index contributed by atoms with van der Waals surface area (Å²) in [5.41, 5.74) is 6.37. The second-order valence-electron chi connectivity index (χ2n) is 9.85. The number of hydrogen-bond acceptors (Lipinski definition) is 6. The number of hydrogen-bond donors (Lipinski definition) is 2. The van der Waals surface area contributed by atoms with Crippen LogP contribution in [0.5, 0.6) is 17.2 Å². The molecule has 0 spiro atoms. The van der Waals surface area contributed by atoms with Gasteiger partial charge in [0.05, 0.1) is 17.8 Å². The SMILES string of the molecule is COc1cc(/C=N\NC(=O)[C@H](CC(C)C)NC(=O)COc2ccccc2C)cc(Br)c1OCc1ccc(C)cc1. The number of hydrazone groups is 1. The van der Waals surface area contributed by atoms with Crippen LogP contribution in [0.4, 0.5) is 0 Å². The van der Waals surface area contributed by atoms with Crippen molar-refractivity contribution in [3.8, 4) is 17.2 Å². The van der Waals surface area contributed by atoms with E-state index in [4.69, 9.17) is 14.2 Å². The van der Waals surface area contributed by atoms with Crippen molar-refractivity contribution in [2.24, 2.45) is 11.0 Å². The summed E-state index contributed by atoms with van der Waals surface area (Å²) in [6, 6.07) is 18.4. The molecular weight excluding hydrogens is 574 g/mol. The molecule has 0 unspecified atom stereocenters. The summed E-state index contributed by atoms with van der Waals surface area (Å²) in [7, 11) is 1.56. The number of nitrogens with zero attached hydrogens (tertiary/aromatic N) is 1. The highest BCUT2D eigenvalue weighted by Crippen LogP contribution is 2.36. The summed E-state index contributed by atoms with van der Waals surface area (Å²) in [4.78, 5) is 25.4. The molecule has 8 nitrogen and oxygen atoms in total. The van der Waals surface area contributed by atoms with Gasteiger partial charge in [-0.1, -0.05) is 61.9 Å². The van der Waals surface area contributed by atoms with Crippen molar-refractivity contribution in [3.63, 3.8) is 0 Å². The number of carbonyl (C=O) groups is 2. The van der Waals surface area contributed by atoms with Crippen molar-refractivity contribution in [1.29, 1.82) is 0 Å². The van der Waals surface area contributed by atoms with Gasteiger partial charge in [0.15, 0.2) is 18.1 Å². The Hall–Kier alpha value is -3.85. The van der Waals surface area contributed by atoms with Crippen molar-refractivity contribution in [3.05, 3.63) is 87.4 Å². The highest BCUT2D eigenvalue weighted by atomic mass is 79.9. The predicted octanol–water partition coefficient (Wildman–Crippen LogP) is 5.71. The van der Waals surface area contributed by atoms with Crippen LogP contribution in [-0.4, -0.2) is 37.8 Å². The zero-order valence-corrected chi connectivity index (χ0v) is 25.1. The molecule has 212 valence electrons. The Labute approximate surface area is 244 Å². The van der Waals surface area contributed by atoms with Gasteiger partial charge in [0.1, 0.15) is 18.4 Å². The Morgan fingerprint density at radius 3 is 2.40 bits per heavy atom. The number of aryl methyl sites for hydroxylation is 2. The van der Waals surface area contributed by atoms with Gasteiger partial charge in [-0.15, -0.1) is 0 Å². The lowest BCUT2D eigenvalue weighted by Gasteiger charge is -2.19. The molecule has 9 heteroatoms. The Morgan fingerprint density at radius 1 is 1.00 bits per heavy atom. The third kappa shape index (κ3) is 9.41. The van der Waals surface area contributed by atoms with E-state index in [1.54, 1.807) is 19.2 Å². The molecule has 0 aliphatic heterocycles.